The SMILES string of the molecule is C[N+](C)(CCCNC=O)c1cccc2c(N)cccc12. The van der Waals surface area contributed by atoms with Gasteiger partial charge in [0.05, 0.1) is 20.6 Å². The van der Waals surface area contributed by atoms with E-state index in [-0.39, 0.29) is 0 Å². The van der Waals surface area contributed by atoms with Crippen molar-refractivity contribution in [3.05, 3.63) is 36.4 Å². The number of anilines is 1. The highest BCUT2D eigenvalue weighted by atomic mass is 16.1. The van der Waals surface area contributed by atoms with E-state index in [9.17, 15) is 4.79 Å². The van der Waals surface area contributed by atoms with Crippen molar-refractivity contribution in [3.8, 4) is 0 Å². The van der Waals surface area contributed by atoms with Crippen LogP contribution in [0, 0.1) is 0 Å². The molecule has 3 N–H and O–H groups in total. The second-order valence-electron chi connectivity index (χ2n) is 5.55. The Bertz CT molecular complexity index is 608. The van der Waals surface area contributed by atoms with Gasteiger partial charge >= 0.3 is 0 Å². The van der Waals surface area contributed by atoms with Crippen LogP contribution in [0.3, 0.4) is 0 Å². The first kappa shape index (κ1) is 14.3. The van der Waals surface area contributed by atoms with E-state index in [1.165, 1.54) is 11.1 Å². The number of fused-ring (bicyclic) bond motifs is 1. The molecule has 0 fully saturated rings. The second-order valence-corrected chi connectivity index (χ2v) is 5.55. The van der Waals surface area contributed by atoms with Crippen LogP contribution in [0.5, 0.6) is 0 Å². The van der Waals surface area contributed by atoms with E-state index in [0.717, 1.165) is 34.9 Å². The summed E-state index contributed by atoms with van der Waals surface area (Å²) < 4.78 is 0.765. The van der Waals surface area contributed by atoms with Crippen molar-refractivity contribution in [1.82, 2.24) is 9.80 Å². The number of nitrogens with zero attached hydrogens (tertiary/aromatic N) is 1. The average Bonchev–Trinajstić information content (AvgIpc) is 2.43. The number of benzene rings is 2. The van der Waals surface area contributed by atoms with Gasteiger partial charge in [0.1, 0.15) is 5.69 Å². The fraction of sp³-hybridized carbons (Fsp3) is 0.312. The Balaban J connectivity index is 2.31. The Morgan fingerprint density at radius 2 is 1.85 bits per heavy atom. The number of quaternary nitrogens is 1. The Kier molecular flexibility index (Phi) is 4.25. The third-order valence-electron chi connectivity index (χ3n) is 3.71. The molecule has 2 rings (SSSR count). The van der Waals surface area contributed by atoms with Crippen molar-refractivity contribution < 1.29 is 4.79 Å². The Labute approximate surface area is 119 Å². The van der Waals surface area contributed by atoms with Gasteiger partial charge in [0.15, 0.2) is 0 Å². The zero-order valence-electron chi connectivity index (χ0n) is 12.1. The fourth-order valence-corrected chi connectivity index (χ4v) is 2.60. The molecule has 0 aliphatic carbocycles. The summed E-state index contributed by atoms with van der Waals surface area (Å²) in [7, 11) is 4.36. The van der Waals surface area contributed by atoms with E-state index in [1.807, 2.05) is 12.1 Å². The first-order valence-electron chi connectivity index (χ1n) is 6.84. The van der Waals surface area contributed by atoms with Crippen molar-refractivity contribution in [1.29, 1.82) is 0 Å². The first-order valence-corrected chi connectivity index (χ1v) is 6.84. The Morgan fingerprint density at radius 3 is 2.60 bits per heavy atom. The van der Waals surface area contributed by atoms with Gasteiger partial charge in [-0.2, -0.15) is 0 Å². The van der Waals surface area contributed by atoms with Crippen LogP contribution in [0.15, 0.2) is 36.4 Å². The Morgan fingerprint density at radius 1 is 1.15 bits per heavy atom. The van der Waals surface area contributed by atoms with Crippen LogP contribution >= 0.6 is 0 Å². The molecule has 0 aliphatic heterocycles. The van der Waals surface area contributed by atoms with Gasteiger partial charge in [-0.1, -0.05) is 18.2 Å². The molecule has 0 radical (unpaired) electrons. The lowest BCUT2D eigenvalue weighted by Crippen LogP contribution is -2.42. The summed E-state index contributed by atoms with van der Waals surface area (Å²) in [5.41, 5.74) is 8.12. The first-order chi connectivity index (χ1) is 9.56. The number of nitrogen functional groups attached to an aromatic ring is 1. The quantitative estimate of drug-likeness (QED) is 0.366. The molecule has 4 heteroatoms. The zero-order valence-corrected chi connectivity index (χ0v) is 12.1. The average molecular weight is 272 g/mol. The smallest absolute Gasteiger partial charge is 0.207 e. The zero-order chi connectivity index (χ0) is 14.6. The van der Waals surface area contributed by atoms with E-state index in [2.05, 4.69) is 43.7 Å². The van der Waals surface area contributed by atoms with Gasteiger partial charge in [-0.05, 0) is 18.2 Å². The molecule has 0 aliphatic rings. The fourth-order valence-electron chi connectivity index (χ4n) is 2.60. The van der Waals surface area contributed by atoms with Crippen LogP contribution < -0.4 is 15.5 Å². The van der Waals surface area contributed by atoms with Crippen molar-refractivity contribution in [3.63, 3.8) is 0 Å². The molecule has 4 nitrogen and oxygen atoms in total. The maximum absolute atomic E-state index is 10.3. The summed E-state index contributed by atoms with van der Waals surface area (Å²) in [6.45, 7) is 1.66. The Hall–Kier alpha value is -2.07. The minimum absolute atomic E-state index is 0.706. The third-order valence-corrected chi connectivity index (χ3v) is 3.71. The van der Waals surface area contributed by atoms with Crippen LogP contribution in [0.1, 0.15) is 6.42 Å². The van der Waals surface area contributed by atoms with Gasteiger partial charge in [0.25, 0.3) is 0 Å². The van der Waals surface area contributed by atoms with E-state index in [1.54, 1.807) is 0 Å². The summed E-state index contributed by atoms with van der Waals surface area (Å²) >= 11 is 0. The summed E-state index contributed by atoms with van der Waals surface area (Å²) in [6, 6.07) is 12.3. The number of rotatable bonds is 6. The highest BCUT2D eigenvalue weighted by Gasteiger charge is 2.21. The number of hydrogen-bond acceptors (Lipinski definition) is 2. The molecule has 0 bridgehead atoms. The molecule has 0 saturated carbocycles. The predicted molar refractivity (Wildman–Crippen MR) is 85.6 cm³/mol. The lowest BCUT2D eigenvalue weighted by Gasteiger charge is -2.30. The molecule has 2 aromatic rings. The molecule has 0 heterocycles. The van der Waals surface area contributed by atoms with E-state index in [0.29, 0.717) is 6.54 Å². The van der Waals surface area contributed by atoms with Crippen LogP contribution in [-0.2, 0) is 4.79 Å². The number of carbonyl (C=O) groups is 1. The van der Waals surface area contributed by atoms with Crippen molar-refractivity contribution >= 4 is 28.6 Å². The lowest BCUT2D eigenvalue weighted by atomic mass is 10.1. The topological polar surface area (TPSA) is 55.1 Å². The second kappa shape index (κ2) is 5.92. The van der Waals surface area contributed by atoms with Gasteiger partial charge in [-0.25, -0.2) is 0 Å². The maximum Gasteiger partial charge on any atom is 0.207 e. The molecule has 0 aromatic heterocycles. The molecule has 0 spiro atoms. The van der Waals surface area contributed by atoms with Gasteiger partial charge in [-0.3, -0.25) is 9.28 Å². The highest BCUT2D eigenvalue weighted by molar-refractivity contribution is 6.00. The largest absolute Gasteiger partial charge is 0.398 e. The van der Waals surface area contributed by atoms with Crippen LogP contribution in [0.4, 0.5) is 11.4 Å². The third kappa shape index (κ3) is 2.91. The molecular weight excluding hydrogens is 250 g/mol. The lowest BCUT2D eigenvalue weighted by molar-refractivity contribution is -0.109. The minimum Gasteiger partial charge on any atom is -0.398 e. The predicted octanol–water partition coefficient (Wildman–Crippen LogP) is 2.12. The minimum atomic E-state index is 0.706. The summed E-state index contributed by atoms with van der Waals surface area (Å²) in [5.74, 6) is 0. The maximum atomic E-state index is 10.3. The number of nitrogens with two attached hydrogens (primary N) is 1. The summed E-state index contributed by atoms with van der Waals surface area (Å²) in [4.78, 5) is 10.3. The highest BCUT2D eigenvalue weighted by Crippen LogP contribution is 2.32. The van der Waals surface area contributed by atoms with Crippen LogP contribution in [0.25, 0.3) is 10.8 Å². The van der Waals surface area contributed by atoms with Gasteiger partial charge in [-0.15, -0.1) is 0 Å². The molecular formula is C16H22N3O+. The van der Waals surface area contributed by atoms with E-state index >= 15 is 0 Å². The number of nitrogens with one attached hydrogen (secondary N) is 1. The van der Waals surface area contributed by atoms with Crippen LogP contribution in [-0.4, -0.2) is 33.6 Å². The van der Waals surface area contributed by atoms with Crippen LogP contribution in [0.2, 0.25) is 0 Å². The van der Waals surface area contributed by atoms with Gasteiger partial charge in [0.2, 0.25) is 6.41 Å². The van der Waals surface area contributed by atoms with Crippen molar-refractivity contribution in [2.75, 3.05) is 32.9 Å². The number of hydrogen-bond donors (Lipinski definition) is 2. The summed E-state index contributed by atoms with van der Waals surface area (Å²) in [6.07, 6.45) is 1.68. The molecule has 0 atom stereocenters. The van der Waals surface area contributed by atoms with Crippen molar-refractivity contribution in [2.24, 2.45) is 0 Å². The molecule has 0 unspecified atom stereocenters. The van der Waals surface area contributed by atoms with E-state index < -0.39 is 0 Å². The normalized spacial score (nSPS) is 11.5. The monoisotopic (exact) mass is 272 g/mol. The standard InChI is InChI=1S/C16H21N3O/c1-19(2,11-5-10-18-12-20)16-9-4-6-13-14(16)7-3-8-15(13)17/h3-4,6-9,12H,5,10-11,17H2,1-2H3/p+1. The molecule has 1 amide bonds. The summed E-state index contributed by atoms with van der Waals surface area (Å²) in [5, 5.41) is 5.00. The molecule has 0 saturated heterocycles. The molecule has 106 valence electrons. The number of carbonyl (C=O) groups excluding carboxylic acids is 1. The van der Waals surface area contributed by atoms with Crippen molar-refractivity contribution in [2.45, 2.75) is 6.42 Å². The van der Waals surface area contributed by atoms with Gasteiger partial charge < -0.3 is 11.1 Å². The molecule has 20 heavy (non-hydrogen) atoms. The van der Waals surface area contributed by atoms with E-state index in [4.69, 9.17) is 5.73 Å². The molecule has 2 aromatic carbocycles. The van der Waals surface area contributed by atoms with Gasteiger partial charge in [0, 0.05) is 29.4 Å². The number of amides is 1.